The van der Waals surface area contributed by atoms with Gasteiger partial charge in [0.15, 0.2) is 0 Å². The van der Waals surface area contributed by atoms with Crippen LogP contribution in [0.2, 0.25) is 0 Å². The molecule has 2 bridgehead atoms. The Morgan fingerprint density at radius 1 is 1.29 bits per heavy atom. The summed E-state index contributed by atoms with van der Waals surface area (Å²) in [6.45, 7) is 16.3. The number of alkyl halides is 1. The zero-order valence-electron chi connectivity index (χ0n) is 25.1. The topological polar surface area (TPSA) is 99.6 Å². The molecular formula is C31H48BrN3O6S. The first-order valence-corrected chi connectivity index (χ1v) is 17.3. The zero-order valence-corrected chi connectivity index (χ0v) is 27.5. The van der Waals surface area contributed by atoms with Gasteiger partial charge >= 0.3 is 5.97 Å². The molecule has 1 N–H and O–H groups in total. The van der Waals surface area contributed by atoms with Crippen molar-refractivity contribution in [2.75, 3.05) is 59.2 Å². The van der Waals surface area contributed by atoms with Crippen molar-refractivity contribution in [3.05, 3.63) is 25.3 Å². The minimum absolute atomic E-state index is 0.0251. The number of carbonyl (C=O) groups excluding carboxylic acids is 3. The maximum atomic E-state index is 14.7. The standard InChI is InChI=1S/C31H48BrN3O6S/c1-5-8-9-10-16-41-30(39)24-25-28(37)35(23(20-36)21(4)7-3)27(31(25)19-22(32)26(24)42-31)29(38)34(11-6-2)13-12-33-14-17-40-18-15-33/h5-6,21-27,36H,1-2,7-20H2,3-4H3/t21-,22?,23-,24-,25-,26-,27?,31?/m0/s1. The van der Waals surface area contributed by atoms with Crippen LogP contribution in [0.3, 0.4) is 0 Å². The van der Waals surface area contributed by atoms with E-state index >= 15 is 0 Å². The predicted molar refractivity (Wildman–Crippen MR) is 168 cm³/mol. The smallest absolute Gasteiger partial charge is 0.310 e. The molecule has 9 nitrogen and oxygen atoms in total. The second-order valence-electron chi connectivity index (χ2n) is 12.0. The monoisotopic (exact) mass is 669 g/mol. The van der Waals surface area contributed by atoms with E-state index in [9.17, 15) is 19.5 Å². The van der Waals surface area contributed by atoms with Gasteiger partial charge in [-0.2, -0.15) is 0 Å². The highest BCUT2D eigenvalue weighted by Crippen LogP contribution is 2.68. The quantitative estimate of drug-likeness (QED) is 0.116. The van der Waals surface area contributed by atoms with E-state index in [1.54, 1.807) is 27.6 Å². The SMILES string of the molecule is C=CCCCCOC(=O)[C@H]1[C@H]2C(=O)N([C@@H](CO)[C@@H](C)CC)C(C(=O)N(CC=C)CCN3CCOCC3)C23CC(Br)[C@@H]1S3. The maximum Gasteiger partial charge on any atom is 0.310 e. The molecule has 4 saturated heterocycles. The van der Waals surface area contributed by atoms with E-state index in [1.807, 2.05) is 19.9 Å². The maximum absolute atomic E-state index is 14.7. The van der Waals surface area contributed by atoms with E-state index in [0.29, 0.717) is 45.9 Å². The average molecular weight is 671 g/mol. The number of hydrogen-bond acceptors (Lipinski definition) is 8. The van der Waals surface area contributed by atoms with E-state index in [4.69, 9.17) is 9.47 Å². The van der Waals surface area contributed by atoms with Crippen molar-refractivity contribution in [1.29, 1.82) is 0 Å². The lowest BCUT2D eigenvalue weighted by atomic mass is 9.71. The number of aliphatic hydroxyl groups is 1. The third-order valence-corrected chi connectivity index (χ3v) is 12.8. The summed E-state index contributed by atoms with van der Waals surface area (Å²) in [6.07, 6.45) is 7.39. The minimum atomic E-state index is -0.786. The first kappa shape index (κ1) is 33.5. The minimum Gasteiger partial charge on any atom is -0.465 e. The number of esters is 1. The lowest BCUT2D eigenvalue weighted by molar-refractivity contribution is -0.155. The summed E-state index contributed by atoms with van der Waals surface area (Å²) in [6, 6.07) is -1.31. The van der Waals surface area contributed by atoms with Crippen LogP contribution in [0.15, 0.2) is 25.3 Å². The molecule has 1 spiro atoms. The Balaban J connectivity index is 1.66. The Labute approximate surface area is 263 Å². The number of morpholine rings is 1. The van der Waals surface area contributed by atoms with E-state index in [2.05, 4.69) is 34.0 Å². The molecule has 0 aromatic rings. The highest BCUT2D eigenvalue weighted by molar-refractivity contribution is 9.09. The molecule has 11 heteroatoms. The molecule has 42 heavy (non-hydrogen) atoms. The summed E-state index contributed by atoms with van der Waals surface area (Å²) in [5, 5.41) is 10.4. The summed E-state index contributed by atoms with van der Waals surface area (Å²) >= 11 is 5.43. The number of amides is 2. The van der Waals surface area contributed by atoms with Gasteiger partial charge in [-0.05, 0) is 31.6 Å². The number of fused-ring (bicyclic) bond motifs is 1. The molecule has 0 radical (unpaired) electrons. The molecule has 8 atom stereocenters. The van der Waals surface area contributed by atoms with Crippen molar-refractivity contribution in [3.8, 4) is 0 Å². The first-order valence-electron chi connectivity index (χ1n) is 15.5. The molecule has 0 aromatic carbocycles. The molecule has 236 valence electrons. The number of aliphatic hydroxyl groups excluding tert-OH is 1. The summed E-state index contributed by atoms with van der Waals surface area (Å²) < 4.78 is 10.5. The van der Waals surface area contributed by atoms with Gasteiger partial charge in [0.25, 0.3) is 0 Å². The number of carbonyl (C=O) groups is 3. The number of unbranched alkanes of at least 4 members (excludes halogenated alkanes) is 2. The van der Waals surface area contributed by atoms with Gasteiger partial charge in [0.2, 0.25) is 11.8 Å². The van der Waals surface area contributed by atoms with Crippen molar-refractivity contribution in [1.82, 2.24) is 14.7 Å². The number of likely N-dealkylation sites (tertiary alicyclic amines) is 1. The molecule has 4 aliphatic rings. The number of halogens is 1. The molecular weight excluding hydrogens is 622 g/mol. The zero-order chi connectivity index (χ0) is 30.4. The predicted octanol–water partition coefficient (Wildman–Crippen LogP) is 3.10. The molecule has 0 aromatic heterocycles. The fourth-order valence-electron chi connectivity index (χ4n) is 7.15. The van der Waals surface area contributed by atoms with Gasteiger partial charge in [-0.25, -0.2) is 0 Å². The molecule has 0 saturated carbocycles. The van der Waals surface area contributed by atoms with Crippen LogP contribution in [0.25, 0.3) is 0 Å². The largest absolute Gasteiger partial charge is 0.465 e. The van der Waals surface area contributed by atoms with Gasteiger partial charge in [0.05, 0.1) is 49.1 Å². The number of rotatable bonds is 16. The summed E-state index contributed by atoms with van der Waals surface area (Å²) in [7, 11) is 0. The highest BCUT2D eigenvalue weighted by atomic mass is 79.9. The number of hydrogen-bond donors (Lipinski definition) is 1. The van der Waals surface area contributed by atoms with Crippen molar-refractivity contribution in [2.24, 2.45) is 17.8 Å². The van der Waals surface area contributed by atoms with E-state index in [0.717, 1.165) is 38.8 Å². The summed E-state index contributed by atoms with van der Waals surface area (Å²) in [5.41, 5.74) is 0. The van der Waals surface area contributed by atoms with Gasteiger partial charge in [0.1, 0.15) is 6.04 Å². The van der Waals surface area contributed by atoms with Crippen LogP contribution in [-0.2, 0) is 23.9 Å². The fraction of sp³-hybridized carbons (Fsp3) is 0.774. The van der Waals surface area contributed by atoms with Gasteiger partial charge < -0.3 is 24.4 Å². The second-order valence-corrected chi connectivity index (χ2v) is 14.7. The number of nitrogens with zero attached hydrogens (tertiary/aromatic N) is 3. The van der Waals surface area contributed by atoms with E-state index < -0.39 is 28.7 Å². The van der Waals surface area contributed by atoms with Crippen molar-refractivity contribution in [3.63, 3.8) is 0 Å². The van der Waals surface area contributed by atoms with Crippen LogP contribution in [-0.4, -0.2) is 124 Å². The van der Waals surface area contributed by atoms with Crippen molar-refractivity contribution < 1.29 is 29.0 Å². The third-order valence-electron chi connectivity index (χ3n) is 9.58. The Morgan fingerprint density at radius 3 is 2.67 bits per heavy atom. The van der Waals surface area contributed by atoms with Crippen molar-refractivity contribution >= 4 is 45.5 Å². The molecule has 4 fully saturated rings. The van der Waals surface area contributed by atoms with Crippen molar-refractivity contribution in [2.45, 2.75) is 72.9 Å². The molecule has 2 amide bonds. The lowest BCUT2D eigenvalue weighted by Gasteiger charge is -2.41. The van der Waals surface area contributed by atoms with Crippen LogP contribution in [0.4, 0.5) is 0 Å². The van der Waals surface area contributed by atoms with Crippen LogP contribution in [0.5, 0.6) is 0 Å². The molecule has 4 heterocycles. The number of ether oxygens (including phenoxy) is 2. The Hall–Kier alpha value is -1.40. The normalized spacial score (nSPS) is 32.0. The van der Waals surface area contributed by atoms with Crippen LogP contribution >= 0.6 is 27.7 Å². The lowest BCUT2D eigenvalue weighted by Crippen LogP contribution is -2.59. The van der Waals surface area contributed by atoms with E-state index in [-0.39, 0.29) is 40.4 Å². The van der Waals surface area contributed by atoms with E-state index in [1.165, 1.54) is 0 Å². The average Bonchev–Trinajstić information content (AvgIpc) is 3.59. The van der Waals surface area contributed by atoms with Crippen LogP contribution in [0.1, 0.15) is 46.0 Å². The fourth-order valence-corrected chi connectivity index (χ4v) is 10.7. The number of thioether (sulfide) groups is 1. The van der Waals surface area contributed by atoms with Gasteiger partial charge in [-0.3, -0.25) is 19.3 Å². The first-order chi connectivity index (χ1) is 20.2. The molecule has 0 aliphatic carbocycles. The van der Waals surface area contributed by atoms with Gasteiger partial charge in [-0.1, -0.05) is 48.4 Å². The van der Waals surface area contributed by atoms with Gasteiger partial charge in [0, 0.05) is 42.8 Å². The molecule has 4 rings (SSSR count). The molecule has 4 aliphatic heterocycles. The summed E-state index contributed by atoms with van der Waals surface area (Å²) in [5.74, 6) is -2.03. The Bertz CT molecular complexity index is 996. The van der Waals surface area contributed by atoms with Gasteiger partial charge in [-0.15, -0.1) is 24.9 Å². The molecule has 3 unspecified atom stereocenters. The Morgan fingerprint density at radius 2 is 2.02 bits per heavy atom. The highest BCUT2D eigenvalue weighted by Gasteiger charge is 2.76. The van der Waals surface area contributed by atoms with Crippen LogP contribution in [0, 0.1) is 17.8 Å². The second kappa shape index (κ2) is 15.1. The van der Waals surface area contributed by atoms with Crippen LogP contribution < -0.4 is 0 Å². The summed E-state index contributed by atoms with van der Waals surface area (Å²) in [4.78, 5) is 48.5. The Kier molecular flexibility index (Phi) is 12.0. The third kappa shape index (κ3) is 6.50. The number of allylic oxidation sites excluding steroid dienone is 1.